The van der Waals surface area contributed by atoms with Crippen LogP contribution in [0.4, 0.5) is 11.4 Å². The highest BCUT2D eigenvalue weighted by Gasteiger charge is 2.30. The smallest absolute Gasteiger partial charge is 0.259 e. The number of sulfonamides is 1. The van der Waals surface area contributed by atoms with Crippen LogP contribution in [0.25, 0.3) is 0 Å². The van der Waals surface area contributed by atoms with Crippen LogP contribution in [0, 0.1) is 0 Å². The highest BCUT2D eigenvalue weighted by molar-refractivity contribution is 7.90. The maximum absolute atomic E-state index is 12.9. The molecule has 0 unspecified atom stereocenters. The van der Waals surface area contributed by atoms with Gasteiger partial charge in [-0.25, -0.2) is 8.42 Å². The van der Waals surface area contributed by atoms with E-state index in [1.165, 1.54) is 6.08 Å². The van der Waals surface area contributed by atoms with Crippen molar-refractivity contribution in [3.8, 4) is 0 Å². The standard InChI is InChI=1S/C21H17ClN4O4S/c22-15-9-7-14(8-10-15)20(27)23-17-5-1-2-6-18(17)24-21(28)16-4-3-11-26-12-13-31(29,30)25-19(16)26/h1-11H,12-13H2,(H,23,27)(H,24,28). The van der Waals surface area contributed by atoms with Gasteiger partial charge in [-0.15, -0.1) is 4.40 Å². The van der Waals surface area contributed by atoms with Crippen molar-refractivity contribution in [2.45, 2.75) is 0 Å². The first kappa shape index (κ1) is 20.8. The third-order valence-corrected chi connectivity index (χ3v) is 6.03. The molecule has 0 aliphatic carbocycles. The van der Waals surface area contributed by atoms with Gasteiger partial charge in [0.2, 0.25) is 0 Å². The number of nitrogens with one attached hydrogen (secondary N) is 2. The molecule has 0 saturated carbocycles. The van der Waals surface area contributed by atoms with Crippen LogP contribution in [0.2, 0.25) is 5.02 Å². The average Bonchev–Trinajstić information content (AvgIpc) is 2.74. The molecule has 2 heterocycles. The highest BCUT2D eigenvalue weighted by atomic mass is 35.5. The SMILES string of the molecule is O=C(Nc1ccccc1NC(=O)c1ccc(Cl)cc1)C1=CC=CN2CCS(=O)(=O)N=C12. The topological polar surface area (TPSA) is 108 Å². The number of para-hydroxylation sites is 2. The van der Waals surface area contributed by atoms with Gasteiger partial charge in [0.15, 0.2) is 5.84 Å². The Kier molecular flexibility index (Phi) is 5.62. The average molecular weight is 457 g/mol. The molecular formula is C21H17ClN4O4S. The maximum Gasteiger partial charge on any atom is 0.259 e. The molecule has 4 rings (SSSR count). The molecule has 2 amide bonds. The maximum atomic E-state index is 12.9. The van der Waals surface area contributed by atoms with E-state index in [-0.39, 0.29) is 29.6 Å². The van der Waals surface area contributed by atoms with E-state index in [1.54, 1.807) is 65.7 Å². The minimum atomic E-state index is -3.63. The molecule has 0 saturated heterocycles. The van der Waals surface area contributed by atoms with Crippen LogP contribution in [0.3, 0.4) is 0 Å². The zero-order chi connectivity index (χ0) is 22.0. The Labute approximate surface area is 184 Å². The summed E-state index contributed by atoms with van der Waals surface area (Å²) in [5.41, 5.74) is 1.27. The highest BCUT2D eigenvalue weighted by Crippen LogP contribution is 2.24. The van der Waals surface area contributed by atoms with Crippen LogP contribution in [0.1, 0.15) is 10.4 Å². The normalized spacial score (nSPS) is 16.6. The monoisotopic (exact) mass is 456 g/mol. The van der Waals surface area contributed by atoms with Crippen molar-refractivity contribution in [3.63, 3.8) is 0 Å². The van der Waals surface area contributed by atoms with Gasteiger partial charge in [-0.3, -0.25) is 9.59 Å². The Bertz CT molecular complexity index is 1250. The van der Waals surface area contributed by atoms with Gasteiger partial charge < -0.3 is 15.5 Å². The second kappa shape index (κ2) is 8.37. The van der Waals surface area contributed by atoms with Gasteiger partial charge in [0, 0.05) is 23.3 Å². The van der Waals surface area contributed by atoms with E-state index in [1.807, 2.05) is 0 Å². The third kappa shape index (κ3) is 4.68. The molecule has 0 atom stereocenters. The second-order valence-corrected chi connectivity index (χ2v) is 8.97. The van der Waals surface area contributed by atoms with Gasteiger partial charge in [0.05, 0.1) is 22.7 Å². The Hall–Kier alpha value is -3.43. The summed E-state index contributed by atoms with van der Waals surface area (Å²) < 4.78 is 27.6. The Morgan fingerprint density at radius 2 is 1.61 bits per heavy atom. The number of anilines is 2. The minimum absolute atomic E-state index is 0.0777. The van der Waals surface area contributed by atoms with Gasteiger partial charge in [-0.05, 0) is 48.6 Å². The van der Waals surface area contributed by atoms with Crippen LogP contribution < -0.4 is 10.6 Å². The molecule has 31 heavy (non-hydrogen) atoms. The van der Waals surface area contributed by atoms with Gasteiger partial charge in [-0.2, -0.15) is 0 Å². The molecule has 0 radical (unpaired) electrons. The van der Waals surface area contributed by atoms with Crippen molar-refractivity contribution < 1.29 is 18.0 Å². The van der Waals surface area contributed by atoms with Crippen LogP contribution in [-0.4, -0.2) is 43.3 Å². The molecule has 0 fully saturated rings. The number of benzene rings is 2. The van der Waals surface area contributed by atoms with Crippen molar-refractivity contribution in [3.05, 3.63) is 83.0 Å². The summed E-state index contributed by atoms with van der Waals surface area (Å²) in [7, 11) is -3.63. The fourth-order valence-electron chi connectivity index (χ4n) is 3.08. The summed E-state index contributed by atoms with van der Waals surface area (Å²) in [4.78, 5) is 27.1. The lowest BCUT2D eigenvalue weighted by Gasteiger charge is -2.28. The summed E-state index contributed by atoms with van der Waals surface area (Å²) in [6.07, 6.45) is 4.82. The van der Waals surface area contributed by atoms with Crippen molar-refractivity contribution in [2.24, 2.45) is 4.40 Å². The van der Waals surface area contributed by atoms with Crippen LogP contribution in [0.15, 0.2) is 76.9 Å². The van der Waals surface area contributed by atoms with E-state index in [0.29, 0.717) is 22.0 Å². The number of amides is 2. The van der Waals surface area contributed by atoms with E-state index >= 15 is 0 Å². The molecule has 2 aromatic rings. The summed E-state index contributed by atoms with van der Waals surface area (Å²) >= 11 is 5.86. The number of hydrogen-bond acceptors (Lipinski definition) is 5. The molecule has 158 valence electrons. The number of rotatable bonds is 4. The van der Waals surface area contributed by atoms with E-state index in [0.717, 1.165) is 0 Å². The lowest BCUT2D eigenvalue weighted by atomic mass is 10.1. The largest absolute Gasteiger partial charge is 0.331 e. The predicted molar refractivity (Wildman–Crippen MR) is 120 cm³/mol. The van der Waals surface area contributed by atoms with Gasteiger partial charge >= 0.3 is 0 Å². The molecule has 2 aliphatic rings. The number of halogens is 1. The summed E-state index contributed by atoms with van der Waals surface area (Å²) in [5, 5.41) is 6.00. The zero-order valence-corrected chi connectivity index (χ0v) is 17.7. The van der Waals surface area contributed by atoms with Crippen LogP contribution in [0.5, 0.6) is 0 Å². The summed E-state index contributed by atoms with van der Waals surface area (Å²) in [6.45, 7) is 0.218. The molecule has 10 heteroatoms. The number of hydrogen-bond donors (Lipinski definition) is 2. The zero-order valence-electron chi connectivity index (χ0n) is 16.1. The van der Waals surface area contributed by atoms with Crippen LogP contribution >= 0.6 is 11.6 Å². The fraction of sp³-hybridized carbons (Fsp3) is 0.0952. The molecule has 2 aliphatic heterocycles. The lowest BCUT2D eigenvalue weighted by Crippen LogP contribution is -2.40. The Morgan fingerprint density at radius 3 is 2.29 bits per heavy atom. The van der Waals surface area contributed by atoms with Gasteiger partial charge in [0.25, 0.3) is 21.8 Å². The van der Waals surface area contributed by atoms with Crippen molar-refractivity contribution >= 4 is 50.6 Å². The first-order valence-electron chi connectivity index (χ1n) is 9.28. The molecular weight excluding hydrogens is 440 g/mol. The first-order valence-corrected chi connectivity index (χ1v) is 11.3. The number of fused-ring (bicyclic) bond motifs is 1. The fourth-order valence-corrected chi connectivity index (χ4v) is 4.19. The molecule has 2 N–H and O–H groups in total. The number of carbonyl (C=O) groups excluding carboxylic acids is 2. The van der Waals surface area contributed by atoms with Crippen molar-refractivity contribution in [1.82, 2.24) is 4.90 Å². The molecule has 0 spiro atoms. The number of carbonyl (C=O) groups is 2. The van der Waals surface area contributed by atoms with E-state index < -0.39 is 15.9 Å². The summed E-state index contributed by atoms with van der Waals surface area (Å²) in [6, 6.07) is 13.1. The number of nitrogens with zero attached hydrogens (tertiary/aromatic N) is 2. The van der Waals surface area contributed by atoms with Gasteiger partial charge in [0.1, 0.15) is 0 Å². The molecule has 2 aromatic carbocycles. The van der Waals surface area contributed by atoms with Crippen LogP contribution in [-0.2, 0) is 14.8 Å². The van der Waals surface area contributed by atoms with Gasteiger partial charge in [-0.1, -0.05) is 23.7 Å². The first-order chi connectivity index (χ1) is 14.8. The molecule has 8 nitrogen and oxygen atoms in total. The quantitative estimate of drug-likeness (QED) is 0.735. The number of allylic oxidation sites excluding steroid dienone is 2. The predicted octanol–water partition coefficient (Wildman–Crippen LogP) is 3.03. The van der Waals surface area contributed by atoms with Crippen molar-refractivity contribution in [2.75, 3.05) is 22.9 Å². The minimum Gasteiger partial charge on any atom is -0.331 e. The van der Waals surface area contributed by atoms with E-state index in [4.69, 9.17) is 11.6 Å². The molecule has 0 aromatic heterocycles. The van der Waals surface area contributed by atoms with E-state index in [9.17, 15) is 18.0 Å². The lowest BCUT2D eigenvalue weighted by molar-refractivity contribution is -0.112. The second-order valence-electron chi connectivity index (χ2n) is 6.78. The van der Waals surface area contributed by atoms with Crippen molar-refractivity contribution in [1.29, 1.82) is 0 Å². The van der Waals surface area contributed by atoms with E-state index in [2.05, 4.69) is 15.0 Å². The summed E-state index contributed by atoms with van der Waals surface area (Å²) in [5.74, 6) is -0.950. The Balaban J connectivity index is 1.56. The number of amidine groups is 1. The molecule has 0 bridgehead atoms. The third-order valence-electron chi connectivity index (χ3n) is 4.63. The Morgan fingerprint density at radius 1 is 0.968 bits per heavy atom.